The standard InChI is InChI=1S/C9H9N3/c1-7(2)8-4-6-12-9(11-8)3-5-10-12/h3-6H,1H2,2H3. The zero-order valence-electron chi connectivity index (χ0n) is 6.86. The van der Waals surface area contributed by atoms with E-state index in [1.807, 2.05) is 25.3 Å². The summed E-state index contributed by atoms with van der Waals surface area (Å²) in [5, 5.41) is 4.04. The van der Waals surface area contributed by atoms with Crippen molar-refractivity contribution in [3.63, 3.8) is 0 Å². The van der Waals surface area contributed by atoms with Gasteiger partial charge in [-0.25, -0.2) is 9.50 Å². The topological polar surface area (TPSA) is 30.2 Å². The van der Waals surface area contributed by atoms with Crippen molar-refractivity contribution in [1.82, 2.24) is 14.6 Å². The molecule has 12 heavy (non-hydrogen) atoms. The highest BCUT2D eigenvalue weighted by Crippen LogP contribution is 2.08. The molecule has 0 aliphatic heterocycles. The van der Waals surface area contributed by atoms with Crippen molar-refractivity contribution in [3.8, 4) is 0 Å². The van der Waals surface area contributed by atoms with Crippen LogP contribution in [0.3, 0.4) is 0 Å². The van der Waals surface area contributed by atoms with Gasteiger partial charge >= 0.3 is 0 Å². The summed E-state index contributed by atoms with van der Waals surface area (Å²) in [6.45, 7) is 5.76. The highest BCUT2D eigenvalue weighted by molar-refractivity contribution is 5.59. The van der Waals surface area contributed by atoms with Gasteiger partial charge < -0.3 is 0 Å². The van der Waals surface area contributed by atoms with Crippen molar-refractivity contribution in [2.75, 3.05) is 0 Å². The zero-order chi connectivity index (χ0) is 8.55. The summed E-state index contributed by atoms with van der Waals surface area (Å²) in [5.74, 6) is 0. The van der Waals surface area contributed by atoms with Crippen molar-refractivity contribution >= 4 is 11.2 Å². The Morgan fingerprint density at radius 2 is 2.33 bits per heavy atom. The van der Waals surface area contributed by atoms with Crippen LogP contribution >= 0.6 is 0 Å². The van der Waals surface area contributed by atoms with Crippen LogP contribution in [0.1, 0.15) is 12.6 Å². The molecular weight excluding hydrogens is 150 g/mol. The minimum absolute atomic E-state index is 0.857. The Labute approximate surface area is 70.4 Å². The number of fused-ring (bicyclic) bond motifs is 1. The molecule has 0 unspecified atom stereocenters. The predicted octanol–water partition coefficient (Wildman–Crippen LogP) is 1.76. The minimum Gasteiger partial charge on any atom is -0.229 e. The largest absolute Gasteiger partial charge is 0.229 e. The Morgan fingerprint density at radius 1 is 1.50 bits per heavy atom. The molecule has 0 saturated carbocycles. The van der Waals surface area contributed by atoms with E-state index in [0.717, 1.165) is 16.9 Å². The van der Waals surface area contributed by atoms with Gasteiger partial charge in [0.25, 0.3) is 0 Å². The summed E-state index contributed by atoms with van der Waals surface area (Å²) in [6.07, 6.45) is 3.61. The molecule has 0 aromatic carbocycles. The average molecular weight is 159 g/mol. The van der Waals surface area contributed by atoms with Crippen LogP contribution in [0.2, 0.25) is 0 Å². The van der Waals surface area contributed by atoms with E-state index in [1.54, 1.807) is 10.7 Å². The summed E-state index contributed by atoms with van der Waals surface area (Å²) in [7, 11) is 0. The molecule has 3 nitrogen and oxygen atoms in total. The fraction of sp³-hybridized carbons (Fsp3) is 0.111. The highest BCUT2D eigenvalue weighted by atomic mass is 15.2. The molecule has 2 rings (SSSR count). The van der Waals surface area contributed by atoms with Crippen LogP contribution in [0.15, 0.2) is 31.1 Å². The van der Waals surface area contributed by atoms with Crippen molar-refractivity contribution in [1.29, 1.82) is 0 Å². The Morgan fingerprint density at radius 3 is 3.08 bits per heavy atom. The van der Waals surface area contributed by atoms with Gasteiger partial charge in [-0.2, -0.15) is 5.10 Å². The van der Waals surface area contributed by atoms with Crippen LogP contribution in [0.5, 0.6) is 0 Å². The number of hydrogen-bond acceptors (Lipinski definition) is 2. The fourth-order valence-corrected chi connectivity index (χ4v) is 1.05. The van der Waals surface area contributed by atoms with Crippen molar-refractivity contribution in [2.45, 2.75) is 6.92 Å². The van der Waals surface area contributed by atoms with E-state index in [0.29, 0.717) is 0 Å². The van der Waals surface area contributed by atoms with Gasteiger partial charge in [-0.15, -0.1) is 0 Å². The van der Waals surface area contributed by atoms with Gasteiger partial charge in [-0.1, -0.05) is 6.58 Å². The van der Waals surface area contributed by atoms with Crippen LogP contribution in [-0.2, 0) is 0 Å². The summed E-state index contributed by atoms with van der Waals surface area (Å²) in [5.41, 5.74) is 2.75. The normalized spacial score (nSPS) is 10.4. The molecule has 0 N–H and O–H groups in total. The summed E-state index contributed by atoms with van der Waals surface area (Å²) >= 11 is 0. The number of nitrogens with zero attached hydrogens (tertiary/aromatic N) is 3. The molecule has 0 saturated heterocycles. The molecule has 0 atom stereocenters. The lowest BCUT2D eigenvalue weighted by Gasteiger charge is -1.98. The lowest BCUT2D eigenvalue weighted by Crippen LogP contribution is -1.92. The maximum Gasteiger partial charge on any atom is 0.155 e. The van der Waals surface area contributed by atoms with Crippen LogP contribution in [0.4, 0.5) is 0 Å². The third kappa shape index (κ3) is 0.993. The molecule has 0 amide bonds. The van der Waals surface area contributed by atoms with E-state index in [2.05, 4.69) is 16.7 Å². The Bertz CT molecular complexity index is 428. The number of aromatic nitrogens is 3. The second-order valence-corrected chi connectivity index (χ2v) is 2.73. The van der Waals surface area contributed by atoms with E-state index in [9.17, 15) is 0 Å². The molecule has 3 heteroatoms. The van der Waals surface area contributed by atoms with E-state index in [-0.39, 0.29) is 0 Å². The second kappa shape index (κ2) is 2.44. The Balaban J connectivity index is 2.68. The first kappa shape index (κ1) is 7.03. The molecule has 0 bridgehead atoms. The molecule has 0 aliphatic carbocycles. The summed E-state index contributed by atoms with van der Waals surface area (Å²) in [4.78, 5) is 4.34. The zero-order valence-corrected chi connectivity index (χ0v) is 6.86. The first-order chi connectivity index (χ1) is 5.77. The van der Waals surface area contributed by atoms with Gasteiger partial charge in [-0.3, -0.25) is 0 Å². The lowest BCUT2D eigenvalue weighted by molar-refractivity contribution is 0.935. The molecule has 60 valence electrons. The van der Waals surface area contributed by atoms with Crippen molar-refractivity contribution < 1.29 is 0 Å². The Kier molecular flexibility index (Phi) is 1.43. The van der Waals surface area contributed by atoms with Crippen LogP contribution < -0.4 is 0 Å². The van der Waals surface area contributed by atoms with E-state index < -0.39 is 0 Å². The molecular formula is C9H9N3. The average Bonchev–Trinajstić information content (AvgIpc) is 2.49. The van der Waals surface area contributed by atoms with Gasteiger partial charge in [0.15, 0.2) is 5.65 Å². The molecule has 2 aromatic rings. The molecule has 2 aromatic heterocycles. The van der Waals surface area contributed by atoms with Crippen LogP contribution in [0, 0.1) is 0 Å². The van der Waals surface area contributed by atoms with Crippen molar-refractivity contribution in [2.24, 2.45) is 0 Å². The molecule has 0 spiro atoms. The van der Waals surface area contributed by atoms with Gasteiger partial charge in [0.05, 0.1) is 11.9 Å². The smallest absolute Gasteiger partial charge is 0.155 e. The summed E-state index contributed by atoms with van der Waals surface area (Å²) in [6, 6.07) is 3.77. The fourth-order valence-electron chi connectivity index (χ4n) is 1.05. The third-order valence-electron chi connectivity index (χ3n) is 1.70. The first-order valence-corrected chi connectivity index (χ1v) is 3.73. The monoisotopic (exact) mass is 159 g/mol. The van der Waals surface area contributed by atoms with E-state index >= 15 is 0 Å². The maximum atomic E-state index is 4.34. The maximum absolute atomic E-state index is 4.34. The first-order valence-electron chi connectivity index (χ1n) is 3.73. The number of allylic oxidation sites excluding steroid dienone is 1. The van der Waals surface area contributed by atoms with Gasteiger partial charge in [0.1, 0.15) is 0 Å². The molecule has 2 heterocycles. The lowest BCUT2D eigenvalue weighted by atomic mass is 10.2. The van der Waals surface area contributed by atoms with Gasteiger partial charge in [0, 0.05) is 12.3 Å². The van der Waals surface area contributed by atoms with Gasteiger partial charge in [0.2, 0.25) is 0 Å². The molecule has 0 fully saturated rings. The minimum atomic E-state index is 0.857. The van der Waals surface area contributed by atoms with Crippen molar-refractivity contribution in [3.05, 3.63) is 36.8 Å². The summed E-state index contributed by atoms with van der Waals surface area (Å²) < 4.78 is 1.73. The molecule has 0 radical (unpaired) electrons. The Hall–Kier alpha value is -1.64. The quantitative estimate of drug-likeness (QED) is 0.634. The third-order valence-corrected chi connectivity index (χ3v) is 1.70. The highest BCUT2D eigenvalue weighted by Gasteiger charge is 1.97. The number of hydrogen-bond donors (Lipinski definition) is 0. The SMILES string of the molecule is C=C(C)c1ccn2nccc2n1. The predicted molar refractivity (Wildman–Crippen MR) is 47.7 cm³/mol. The van der Waals surface area contributed by atoms with E-state index in [1.165, 1.54) is 0 Å². The van der Waals surface area contributed by atoms with Crippen LogP contribution in [-0.4, -0.2) is 14.6 Å². The van der Waals surface area contributed by atoms with Crippen LogP contribution in [0.25, 0.3) is 11.2 Å². The van der Waals surface area contributed by atoms with Gasteiger partial charge in [-0.05, 0) is 18.6 Å². The molecule has 0 aliphatic rings. The number of rotatable bonds is 1. The van der Waals surface area contributed by atoms with E-state index in [4.69, 9.17) is 0 Å². The second-order valence-electron chi connectivity index (χ2n) is 2.73.